The molecule has 0 aromatic heterocycles. The van der Waals surface area contributed by atoms with Crippen molar-refractivity contribution in [2.75, 3.05) is 4.90 Å². The predicted molar refractivity (Wildman–Crippen MR) is 90.7 cm³/mol. The SMILES string of the molecule is O=C1C2C3C=CC(C3)N2C(=S)N1c1cccc2ccccc12. The van der Waals surface area contributed by atoms with Gasteiger partial charge in [0.05, 0.1) is 11.7 Å². The number of benzene rings is 2. The minimum absolute atomic E-state index is 0.0959. The van der Waals surface area contributed by atoms with Crippen molar-refractivity contribution in [3.63, 3.8) is 0 Å². The summed E-state index contributed by atoms with van der Waals surface area (Å²) >= 11 is 5.66. The quantitative estimate of drug-likeness (QED) is 0.597. The fourth-order valence-corrected chi connectivity index (χ4v) is 4.53. The molecule has 0 spiro atoms. The molecule has 0 saturated carbocycles. The maximum Gasteiger partial charge on any atom is 0.256 e. The molecule has 0 N–H and O–H groups in total. The van der Waals surface area contributed by atoms with Gasteiger partial charge < -0.3 is 4.90 Å². The average Bonchev–Trinajstić information content (AvgIpc) is 3.21. The molecule has 3 nitrogen and oxygen atoms in total. The van der Waals surface area contributed by atoms with Crippen molar-refractivity contribution in [2.45, 2.75) is 18.5 Å². The van der Waals surface area contributed by atoms with Crippen LogP contribution in [0.15, 0.2) is 54.6 Å². The fourth-order valence-electron chi connectivity index (χ4n) is 4.09. The van der Waals surface area contributed by atoms with E-state index in [1.807, 2.05) is 24.3 Å². The number of anilines is 1. The molecule has 0 radical (unpaired) electrons. The van der Waals surface area contributed by atoms with Crippen LogP contribution < -0.4 is 4.90 Å². The first kappa shape index (κ1) is 12.4. The molecule has 3 unspecified atom stereocenters. The summed E-state index contributed by atoms with van der Waals surface area (Å²) in [5.74, 6) is 0.439. The molecule has 2 heterocycles. The lowest BCUT2D eigenvalue weighted by Gasteiger charge is -2.25. The first-order valence-electron chi connectivity index (χ1n) is 7.58. The monoisotopic (exact) mass is 306 g/mol. The van der Waals surface area contributed by atoms with E-state index < -0.39 is 0 Å². The van der Waals surface area contributed by atoms with Crippen molar-refractivity contribution in [1.29, 1.82) is 0 Å². The number of thiocarbonyl (C=S) groups is 1. The van der Waals surface area contributed by atoms with E-state index in [-0.39, 0.29) is 11.9 Å². The maximum atomic E-state index is 13.0. The third-order valence-corrected chi connectivity index (χ3v) is 5.44. The number of hydrogen-bond acceptors (Lipinski definition) is 2. The van der Waals surface area contributed by atoms with Gasteiger partial charge in [0.2, 0.25) is 0 Å². The molecule has 2 aliphatic heterocycles. The zero-order valence-electron chi connectivity index (χ0n) is 11.8. The van der Waals surface area contributed by atoms with Crippen LogP contribution in [-0.4, -0.2) is 28.0 Å². The van der Waals surface area contributed by atoms with Gasteiger partial charge in [0.25, 0.3) is 5.91 Å². The molecule has 108 valence electrons. The molecular formula is C18H14N2OS. The first-order chi connectivity index (χ1) is 10.8. The normalized spacial score (nSPS) is 29.0. The van der Waals surface area contributed by atoms with Crippen LogP contribution in [0.3, 0.4) is 0 Å². The van der Waals surface area contributed by atoms with E-state index in [4.69, 9.17) is 12.2 Å². The minimum Gasteiger partial charge on any atom is -0.329 e. The van der Waals surface area contributed by atoms with Crippen LogP contribution in [-0.2, 0) is 4.79 Å². The van der Waals surface area contributed by atoms with E-state index in [0.717, 1.165) is 22.9 Å². The predicted octanol–water partition coefficient (Wildman–Crippen LogP) is 3.10. The van der Waals surface area contributed by atoms with Crippen molar-refractivity contribution in [1.82, 2.24) is 4.90 Å². The number of carbonyl (C=O) groups is 1. The Hall–Kier alpha value is -2.20. The van der Waals surface area contributed by atoms with Crippen molar-refractivity contribution in [3.8, 4) is 0 Å². The Kier molecular flexibility index (Phi) is 2.34. The lowest BCUT2D eigenvalue weighted by atomic mass is 10.0. The molecule has 2 fully saturated rings. The third-order valence-electron chi connectivity index (χ3n) is 5.05. The van der Waals surface area contributed by atoms with E-state index in [1.54, 1.807) is 4.90 Å². The molecule has 5 rings (SSSR count). The molecule has 2 saturated heterocycles. The molecule has 2 aromatic rings. The van der Waals surface area contributed by atoms with Gasteiger partial charge in [-0.05, 0) is 30.1 Å². The Morgan fingerprint density at radius 2 is 1.86 bits per heavy atom. The van der Waals surface area contributed by atoms with Crippen molar-refractivity contribution >= 4 is 39.7 Å². The lowest BCUT2D eigenvalue weighted by Crippen LogP contribution is -2.38. The van der Waals surface area contributed by atoms with Crippen LogP contribution in [0.1, 0.15) is 6.42 Å². The van der Waals surface area contributed by atoms with Gasteiger partial charge in [0.15, 0.2) is 5.11 Å². The molecule has 1 aliphatic carbocycles. The minimum atomic E-state index is -0.0959. The highest BCUT2D eigenvalue weighted by Gasteiger charge is 2.55. The summed E-state index contributed by atoms with van der Waals surface area (Å²) in [7, 11) is 0. The second-order valence-corrected chi connectivity index (χ2v) is 6.52. The Labute approximate surface area is 133 Å². The Balaban J connectivity index is 1.67. The molecule has 1 amide bonds. The van der Waals surface area contributed by atoms with E-state index in [0.29, 0.717) is 17.1 Å². The smallest absolute Gasteiger partial charge is 0.256 e. The number of nitrogens with zero attached hydrogens (tertiary/aromatic N) is 2. The van der Waals surface area contributed by atoms with Crippen LogP contribution in [0.2, 0.25) is 0 Å². The highest BCUT2D eigenvalue weighted by molar-refractivity contribution is 7.80. The van der Waals surface area contributed by atoms with Crippen LogP contribution >= 0.6 is 12.2 Å². The number of fused-ring (bicyclic) bond motifs is 6. The number of hydrogen-bond donors (Lipinski definition) is 0. The Bertz CT molecular complexity index is 824. The summed E-state index contributed by atoms with van der Waals surface area (Å²) in [5, 5.41) is 2.86. The second-order valence-electron chi connectivity index (χ2n) is 6.16. The number of amides is 1. The van der Waals surface area contributed by atoms with Gasteiger partial charge in [-0.15, -0.1) is 0 Å². The van der Waals surface area contributed by atoms with Gasteiger partial charge in [-0.3, -0.25) is 9.69 Å². The van der Waals surface area contributed by atoms with Crippen molar-refractivity contribution in [2.24, 2.45) is 5.92 Å². The van der Waals surface area contributed by atoms with E-state index >= 15 is 0 Å². The van der Waals surface area contributed by atoms with Crippen molar-refractivity contribution < 1.29 is 4.79 Å². The molecule has 2 bridgehead atoms. The summed E-state index contributed by atoms with van der Waals surface area (Å²) in [4.78, 5) is 16.9. The van der Waals surface area contributed by atoms with Gasteiger partial charge >= 0.3 is 0 Å². The summed E-state index contributed by atoms with van der Waals surface area (Å²) in [6.45, 7) is 0. The summed E-state index contributed by atoms with van der Waals surface area (Å²) < 4.78 is 0. The topological polar surface area (TPSA) is 23.6 Å². The molecular weight excluding hydrogens is 292 g/mol. The summed E-state index contributed by atoms with van der Waals surface area (Å²) in [6, 6.07) is 14.4. The van der Waals surface area contributed by atoms with Gasteiger partial charge in [-0.2, -0.15) is 0 Å². The summed E-state index contributed by atoms with van der Waals surface area (Å²) in [5.41, 5.74) is 0.905. The molecule has 22 heavy (non-hydrogen) atoms. The average molecular weight is 306 g/mol. The molecule has 3 aliphatic rings. The van der Waals surface area contributed by atoms with Gasteiger partial charge in [0.1, 0.15) is 6.04 Å². The Morgan fingerprint density at radius 3 is 2.73 bits per heavy atom. The molecule has 4 heteroatoms. The van der Waals surface area contributed by atoms with Gasteiger partial charge in [-0.25, -0.2) is 0 Å². The van der Waals surface area contributed by atoms with Crippen molar-refractivity contribution in [3.05, 3.63) is 54.6 Å². The lowest BCUT2D eigenvalue weighted by molar-refractivity contribution is -0.119. The third kappa shape index (κ3) is 1.40. The zero-order chi connectivity index (χ0) is 14.8. The standard InChI is InChI=1S/C18H14N2OS/c21-17-16-12-8-9-13(10-12)19(16)18(22)20(17)15-7-3-5-11-4-1-2-6-14(11)15/h1-9,12-13,16H,10H2. The van der Waals surface area contributed by atoms with Crippen LogP contribution in [0.4, 0.5) is 5.69 Å². The number of rotatable bonds is 1. The Morgan fingerprint density at radius 1 is 1.05 bits per heavy atom. The molecule has 3 atom stereocenters. The first-order valence-corrected chi connectivity index (χ1v) is 7.99. The van der Waals surface area contributed by atoms with Crippen LogP contribution in [0.25, 0.3) is 10.8 Å². The fraction of sp³-hybridized carbons (Fsp3) is 0.222. The second kappa shape index (κ2) is 4.17. The van der Waals surface area contributed by atoms with Crippen LogP contribution in [0, 0.1) is 5.92 Å². The number of carbonyl (C=O) groups excluding carboxylic acids is 1. The van der Waals surface area contributed by atoms with Crippen LogP contribution in [0.5, 0.6) is 0 Å². The van der Waals surface area contributed by atoms with E-state index in [1.165, 1.54) is 0 Å². The highest BCUT2D eigenvalue weighted by Crippen LogP contribution is 2.44. The van der Waals surface area contributed by atoms with Gasteiger partial charge in [0, 0.05) is 11.3 Å². The largest absolute Gasteiger partial charge is 0.329 e. The summed E-state index contributed by atoms with van der Waals surface area (Å²) in [6.07, 6.45) is 5.40. The highest BCUT2D eigenvalue weighted by atomic mass is 32.1. The van der Waals surface area contributed by atoms with E-state index in [2.05, 4.69) is 35.3 Å². The zero-order valence-corrected chi connectivity index (χ0v) is 12.7. The van der Waals surface area contributed by atoms with E-state index in [9.17, 15) is 4.79 Å². The maximum absolute atomic E-state index is 13.0. The van der Waals surface area contributed by atoms with Gasteiger partial charge in [-0.1, -0.05) is 48.6 Å². The molecule has 2 aromatic carbocycles.